The van der Waals surface area contributed by atoms with Crippen LogP contribution in [0.2, 0.25) is 5.02 Å². The van der Waals surface area contributed by atoms with Gasteiger partial charge in [-0.1, -0.05) is 23.4 Å². The molecule has 21 heavy (non-hydrogen) atoms. The average molecular weight is 330 g/mol. The summed E-state index contributed by atoms with van der Waals surface area (Å²) in [5.74, 6) is -1.62. The van der Waals surface area contributed by atoms with Crippen LogP contribution in [0.1, 0.15) is 6.42 Å². The van der Waals surface area contributed by atoms with Gasteiger partial charge in [0.05, 0.1) is 16.7 Å². The van der Waals surface area contributed by atoms with Gasteiger partial charge in [0.1, 0.15) is 5.82 Å². The summed E-state index contributed by atoms with van der Waals surface area (Å²) in [4.78, 5) is 27.2. The van der Waals surface area contributed by atoms with E-state index in [4.69, 9.17) is 22.7 Å². The van der Waals surface area contributed by atoms with Gasteiger partial charge in [-0.2, -0.15) is 4.99 Å². The number of carbonyl (C=O) groups excluding carboxylic acids is 2. The van der Waals surface area contributed by atoms with Crippen LogP contribution in [0.3, 0.4) is 0 Å². The van der Waals surface area contributed by atoms with E-state index in [0.29, 0.717) is 5.69 Å². The number of amidine groups is 1. The second-order valence-corrected chi connectivity index (χ2v) is 5.79. The maximum absolute atomic E-state index is 13.0. The van der Waals surface area contributed by atoms with E-state index in [0.717, 1.165) is 17.8 Å². The Morgan fingerprint density at radius 1 is 1.57 bits per heavy atom. The lowest BCUT2D eigenvalue weighted by atomic mass is 10.2. The molecule has 0 aliphatic carbocycles. The van der Waals surface area contributed by atoms with Crippen LogP contribution >= 0.6 is 23.4 Å². The zero-order valence-corrected chi connectivity index (χ0v) is 12.2. The van der Waals surface area contributed by atoms with Crippen molar-refractivity contribution in [2.75, 3.05) is 5.32 Å². The Hall–Kier alpha value is -1.93. The number of nitrogens with one attached hydrogen (secondary N) is 1. The van der Waals surface area contributed by atoms with Gasteiger partial charge in [0, 0.05) is 5.69 Å². The molecule has 9 heteroatoms. The van der Waals surface area contributed by atoms with E-state index in [9.17, 15) is 14.0 Å². The molecule has 1 aliphatic heterocycles. The highest BCUT2D eigenvalue weighted by molar-refractivity contribution is 8.16. The van der Waals surface area contributed by atoms with Gasteiger partial charge in [-0.25, -0.2) is 4.39 Å². The van der Waals surface area contributed by atoms with Crippen molar-refractivity contribution in [1.82, 2.24) is 0 Å². The molecular weight excluding hydrogens is 319 g/mol. The molecule has 110 valence electrons. The first-order valence-corrected chi connectivity index (χ1v) is 7.05. The number of hydrogen-bond acceptors (Lipinski definition) is 3. The number of nitrogens with two attached hydrogens (primary N) is 2. The summed E-state index contributed by atoms with van der Waals surface area (Å²) in [5, 5.41) is 7.24. The summed E-state index contributed by atoms with van der Waals surface area (Å²) in [6.07, 6.45) is -0.0673. The molecule has 0 spiro atoms. The number of halogens is 2. The van der Waals surface area contributed by atoms with Crippen LogP contribution in [0.25, 0.3) is 0 Å². The summed E-state index contributed by atoms with van der Waals surface area (Å²) in [6, 6.07) is 3.78. The molecule has 2 amide bonds. The van der Waals surface area contributed by atoms with E-state index in [1.807, 2.05) is 0 Å². The normalized spacial score (nSPS) is 18.1. The predicted octanol–water partition coefficient (Wildman–Crippen LogP) is -0.0355. The highest BCUT2D eigenvalue weighted by Gasteiger charge is 2.31. The fourth-order valence-corrected chi connectivity index (χ4v) is 2.73. The number of amides is 2. The van der Waals surface area contributed by atoms with Crippen molar-refractivity contribution in [3.05, 3.63) is 29.0 Å². The molecule has 0 fully saturated rings. The van der Waals surface area contributed by atoms with Gasteiger partial charge in [-0.15, -0.1) is 0 Å². The number of carbonyl (C=O) groups is 2. The highest BCUT2D eigenvalue weighted by Crippen LogP contribution is 2.25. The Bertz CT molecular complexity index is 665. The van der Waals surface area contributed by atoms with Crippen molar-refractivity contribution < 1.29 is 19.4 Å². The third-order valence-electron chi connectivity index (χ3n) is 2.57. The molecule has 1 aromatic carbocycles. The van der Waals surface area contributed by atoms with Crippen molar-refractivity contribution in [2.45, 2.75) is 11.7 Å². The number of anilines is 1. The Morgan fingerprint density at radius 3 is 2.90 bits per heavy atom. The standard InChI is InChI=1S/C12H10ClFN4O2S/c13-6-3-5(1-2-7(6)14)17-11(20)8-4-9(19)18-12(21-8)10(15)16/h1-3,8H,4H2,(H3,15,16)(H,17,20)/p+1/t8-/m1/s1. The number of thioether (sulfide) groups is 1. The average Bonchev–Trinajstić information content (AvgIpc) is 2.42. The summed E-state index contributed by atoms with van der Waals surface area (Å²) in [5.41, 5.74) is 5.71. The van der Waals surface area contributed by atoms with Crippen molar-refractivity contribution in [3.63, 3.8) is 0 Å². The molecule has 1 heterocycles. The van der Waals surface area contributed by atoms with E-state index in [1.54, 1.807) is 0 Å². The first kappa shape index (κ1) is 15.5. The lowest BCUT2D eigenvalue weighted by Gasteiger charge is -2.18. The van der Waals surface area contributed by atoms with Gasteiger partial charge in [0.15, 0.2) is 5.04 Å². The maximum atomic E-state index is 13.0. The van der Waals surface area contributed by atoms with Crippen molar-refractivity contribution >= 4 is 51.7 Å². The maximum Gasteiger partial charge on any atom is 0.296 e. The second-order valence-electron chi connectivity index (χ2n) is 4.19. The first-order chi connectivity index (χ1) is 9.86. The van der Waals surface area contributed by atoms with Gasteiger partial charge in [0.2, 0.25) is 11.8 Å². The second kappa shape index (κ2) is 6.23. The zero-order valence-electron chi connectivity index (χ0n) is 10.6. The molecule has 1 atom stereocenters. The Morgan fingerprint density at radius 2 is 2.29 bits per heavy atom. The van der Waals surface area contributed by atoms with Crippen LogP contribution in [0.5, 0.6) is 0 Å². The van der Waals surface area contributed by atoms with E-state index in [2.05, 4.69) is 10.3 Å². The monoisotopic (exact) mass is 329 g/mol. The van der Waals surface area contributed by atoms with Crippen LogP contribution in [-0.4, -0.2) is 27.9 Å². The highest BCUT2D eigenvalue weighted by atomic mass is 35.5. The number of rotatable bonds is 3. The number of hydrogen-bond donors (Lipinski definition) is 3. The molecule has 0 unspecified atom stereocenters. The molecule has 0 saturated carbocycles. The van der Waals surface area contributed by atoms with Crippen LogP contribution in [-0.2, 0) is 9.59 Å². The molecule has 1 aliphatic rings. The Kier molecular flexibility index (Phi) is 4.59. The molecular formula is C12H11ClFN4O2S+. The summed E-state index contributed by atoms with van der Waals surface area (Å²) < 4.78 is 13.0. The fourth-order valence-electron chi connectivity index (χ4n) is 1.60. The summed E-state index contributed by atoms with van der Waals surface area (Å²) >= 11 is 6.63. The van der Waals surface area contributed by atoms with E-state index < -0.39 is 22.9 Å². The van der Waals surface area contributed by atoms with Crippen LogP contribution < -0.4 is 16.5 Å². The van der Waals surface area contributed by atoms with Crippen LogP contribution in [0, 0.1) is 5.82 Å². The lowest BCUT2D eigenvalue weighted by Crippen LogP contribution is -2.51. The van der Waals surface area contributed by atoms with Gasteiger partial charge in [0.25, 0.3) is 5.84 Å². The van der Waals surface area contributed by atoms with Crippen molar-refractivity contribution in [3.8, 4) is 0 Å². The zero-order chi connectivity index (χ0) is 15.6. The molecule has 0 saturated heterocycles. The topological polar surface area (TPSA) is 110 Å². The third-order valence-corrected chi connectivity index (χ3v) is 4.07. The fraction of sp³-hybridized carbons (Fsp3) is 0.167. The van der Waals surface area contributed by atoms with Crippen LogP contribution in [0.15, 0.2) is 23.2 Å². The summed E-state index contributed by atoms with van der Waals surface area (Å²) in [7, 11) is 0. The van der Waals surface area contributed by atoms with Gasteiger partial charge >= 0.3 is 0 Å². The van der Waals surface area contributed by atoms with Gasteiger partial charge < -0.3 is 5.32 Å². The quantitative estimate of drug-likeness (QED) is 0.534. The van der Waals surface area contributed by atoms with E-state index in [-0.39, 0.29) is 22.3 Å². The van der Waals surface area contributed by atoms with Gasteiger partial charge in [-0.3, -0.25) is 20.7 Å². The van der Waals surface area contributed by atoms with E-state index >= 15 is 0 Å². The molecule has 1 aromatic rings. The number of benzene rings is 1. The number of aliphatic imine (C=N–C) groups is 1. The number of nitrogens with zero attached hydrogens (tertiary/aromatic N) is 1. The minimum absolute atomic E-state index is 0.0673. The van der Waals surface area contributed by atoms with Crippen molar-refractivity contribution in [1.29, 1.82) is 0 Å². The van der Waals surface area contributed by atoms with Crippen molar-refractivity contribution in [2.24, 2.45) is 10.7 Å². The van der Waals surface area contributed by atoms with Crippen LogP contribution in [0.4, 0.5) is 10.1 Å². The molecule has 2 rings (SSSR count). The minimum Gasteiger partial charge on any atom is -0.325 e. The molecule has 0 radical (unpaired) electrons. The Labute approximate surface area is 128 Å². The molecule has 6 nitrogen and oxygen atoms in total. The predicted molar refractivity (Wildman–Crippen MR) is 79.6 cm³/mol. The largest absolute Gasteiger partial charge is 0.325 e. The molecule has 0 bridgehead atoms. The molecule has 0 aromatic heterocycles. The summed E-state index contributed by atoms with van der Waals surface area (Å²) in [6.45, 7) is 0. The van der Waals surface area contributed by atoms with Gasteiger partial charge in [-0.05, 0) is 18.2 Å². The SMILES string of the molecule is NC(=[NH2+])C1=NC(=O)C[C@H](C(=O)Nc2ccc(F)c(Cl)c2)S1. The Balaban J connectivity index is 2.10. The smallest absolute Gasteiger partial charge is 0.296 e. The third kappa shape index (κ3) is 3.79. The first-order valence-electron chi connectivity index (χ1n) is 5.79. The van der Waals surface area contributed by atoms with E-state index in [1.165, 1.54) is 12.1 Å². The minimum atomic E-state index is -0.712. The lowest BCUT2D eigenvalue weighted by molar-refractivity contribution is -0.122. The molecule has 5 N–H and O–H groups in total.